The second-order valence-electron chi connectivity index (χ2n) is 8.47. The zero-order chi connectivity index (χ0) is 20.1. The standard InChI is InChI=1S/C20H30ClN3O4/c1-11-15-5-6-24(18(15)23-10-22-11)19-17(26)20(2,27)16(28-19)8-12-3-4-14(21)7-13(12)9-25/h3-4,7,11,15-19,22-23,25-27H,5-6,8-10H2,1-2H3/t11?,15?,16-,17+,18?,19-,20-/m1/s1. The van der Waals surface area contributed by atoms with Crippen molar-refractivity contribution < 1.29 is 20.1 Å². The summed E-state index contributed by atoms with van der Waals surface area (Å²) < 4.78 is 6.24. The fraction of sp³-hybridized carbons (Fsp3) is 0.700. The molecule has 3 heterocycles. The highest BCUT2D eigenvalue weighted by Gasteiger charge is 2.56. The summed E-state index contributed by atoms with van der Waals surface area (Å²) in [7, 11) is 0. The molecule has 3 unspecified atom stereocenters. The molecule has 5 N–H and O–H groups in total. The fourth-order valence-electron chi connectivity index (χ4n) is 4.91. The molecule has 28 heavy (non-hydrogen) atoms. The minimum absolute atomic E-state index is 0.119. The van der Waals surface area contributed by atoms with Crippen LogP contribution in [0.25, 0.3) is 0 Å². The summed E-state index contributed by atoms with van der Waals surface area (Å²) in [6, 6.07) is 5.72. The van der Waals surface area contributed by atoms with Crippen LogP contribution in [-0.4, -0.2) is 69.7 Å². The highest BCUT2D eigenvalue weighted by molar-refractivity contribution is 6.30. The van der Waals surface area contributed by atoms with Gasteiger partial charge in [-0.3, -0.25) is 10.2 Å². The summed E-state index contributed by atoms with van der Waals surface area (Å²) in [5, 5.41) is 39.1. The summed E-state index contributed by atoms with van der Waals surface area (Å²) in [5.41, 5.74) is 0.172. The zero-order valence-corrected chi connectivity index (χ0v) is 17.1. The molecule has 0 radical (unpaired) electrons. The van der Waals surface area contributed by atoms with Gasteiger partial charge in [-0.1, -0.05) is 17.7 Å². The molecule has 0 spiro atoms. The lowest BCUT2D eigenvalue weighted by atomic mass is 9.89. The average Bonchev–Trinajstić information content (AvgIpc) is 3.18. The van der Waals surface area contributed by atoms with Crippen molar-refractivity contribution in [2.45, 2.75) is 69.5 Å². The average molecular weight is 412 g/mol. The van der Waals surface area contributed by atoms with Crippen LogP contribution in [0.2, 0.25) is 5.02 Å². The lowest BCUT2D eigenvalue weighted by molar-refractivity contribution is -0.106. The largest absolute Gasteiger partial charge is 0.392 e. The van der Waals surface area contributed by atoms with E-state index in [2.05, 4.69) is 22.5 Å². The van der Waals surface area contributed by atoms with E-state index in [9.17, 15) is 15.3 Å². The monoisotopic (exact) mass is 411 g/mol. The maximum atomic E-state index is 11.1. The number of nitrogens with one attached hydrogen (secondary N) is 2. The van der Waals surface area contributed by atoms with Gasteiger partial charge in [0.1, 0.15) is 17.9 Å². The van der Waals surface area contributed by atoms with Crippen LogP contribution in [0.5, 0.6) is 0 Å². The number of nitrogens with zero attached hydrogens (tertiary/aromatic N) is 1. The quantitative estimate of drug-likeness (QED) is 0.489. The Bertz CT molecular complexity index is 719. The lowest BCUT2D eigenvalue weighted by Crippen LogP contribution is -2.62. The number of rotatable bonds is 4. The Balaban J connectivity index is 1.53. The van der Waals surface area contributed by atoms with Gasteiger partial charge in [0, 0.05) is 36.6 Å². The third-order valence-corrected chi connectivity index (χ3v) is 6.99. The van der Waals surface area contributed by atoms with Crippen molar-refractivity contribution in [3.8, 4) is 0 Å². The summed E-state index contributed by atoms with van der Waals surface area (Å²) in [6.07, 6.45) is -0.658. The van der Waals surface area contributed by atoms with E-state index in [0.717, 1.165) is 18.5 Å². The van der Waals surface area contributed by atoms with Crippen molar-refractivity contribution in [1.82, 2.24) is 15.5 Å². The van der Waals surface area contributed by atoms with Crippen LogP contribution in [0.3, 0.4) is 0 Å². The molecular weight excluding hydrogens is 382 g/mol. The fourth-order valence-corrected chi connectivity index (χ4v) is 5.10. The maximum absolute atomic E-state index is 11.1. The molecule has 3 saturated heterocycles. The Labute approximate surface area is 170 Å². The van der Waals surface area contributed by atoms with Gasteiger partial charge >= 0.3 is 0 Å². The topological polar surface area (TPSA) is 97.2 Å². The van der Waals surface area contributed by atoms with Crippen molar-refractivity contribution in [2.24, 2.45) is 5.92 Å². The molecule has 8 heteroatoms. The molecule has 7 nitrogen and oxygen atoms in total. The molecule has 4 rings (SSSR count). The number of benzene rings is 1. The molecule has 0 bridgehead atoms. The molecule has 156 valence electrons. The van der Waals surface area contributed by atoms with E-state index < -0.39 is 24.0 Å². The van der Waals surface area contributed by atoms with Crippen LogP contribution >= 0.6 is 11.6 Å². The van der Waals surface area contributed by atoms with E-state index in [1.165, 1.54) is 0 Å². The molecule has 1 aromatic rings. The normalized spacial score (nSPS) is 41.4. The van der Waals surface area contributed by atoms with E-state index >= 15 is 0 Å². The summed E-state index contributed by atoms with van der Waals surface area (Å²) in [6.45, 7) is 5.20. The van der Waals surface area contributed by atoms with Crippen molar-refractivity contribution in [1.29, 1.82) is 0 Å². The van der Waals surface area contributed by atoms with E-state index in [1.54, 1.807) is 19.1 Å². The number of hydrogen-bond acceptors (Lipinski definition) is 7. The first-order valence-electron chi connectivity index (χ1n) is 9.99. The van der Waals surface area contributed by atoms with E-state index in [4.69, 9.17) is 16.3 Å². The first-order valence-corrected chi connectivity index (χ1v) is 10.4. The zero-order valence-electron chi connectivity index (χ0n) is 16.3. The van der Waals surface area contributed by atoms with Crippen molar-refractivity contribution in [2.75, 3.05) is 13.2 Å². The van der Waals surface area contributed by atoms with Crippen molar-refractivity contribution >= 4 is 11.6 Å². The first kappa shape index (κ1) is 20.5. The molecule has 3 fully saturated rings. The summed E-state index contributed by atoms with van der Waals surface area (Å²) in [5.74, 6) is 0.436. The molecule has 0 amide bonds. The second kappa shape index (κ2) is 7.81. The summed E-state index contributed by atoms with van der Waals surface area (Å²) in [4.78, 5) is 2.15. The number of aliphatic hydroxyl groups excluding tert-OH is 2. The highest BCUT2D eigenvalue weighted by Crippen LogP contribution is 2.39. The third-order valence-electron chi connectivity index (χ3n) is 6.76. The number of hydrogen-bond donors (Lipinski definition) is 5. The van der Waals surface area contributed by atoms with Crippen LogP contribution in [0.15, 0.2) is 18.2 Å². The number of ether oxygens (including phenoxy) is 1. The minimum atomic E-state index is -1.40. The Hall–Kier alpha value is -0.770. The van der Waals surface area contributed by atoms with Gasteiger partial charge in [0.2, 0.25) is 0 Å². The Kier molecular flexibility index (Phi) is 5.72. The van der Waals surface area contributed by atoms with Gasteiger partial charge in [-0.2, -0.15) is 0 Å². The highest BCUT2D eigenvalue weighted by atomic mass is 35.5. The molecule has 0 aromatic heterocycles. The van der Waals surface area contributed by atoms with Gasteiger partial charge in [0.25, 0.3) is 0 Å². The molecule has 1 aromatic carbocycles. The van der Waals surface area contributed by atoms with E-state index in [-0.39, 0.29) is 12.8 Å². The van der Waals surface area contributed by atoms with E-state index in [1.807, 2.05) is 6.07 Å². The van der Waals surface area contributed by atoms with Gasteiger partial charge in [-0.15, -0.1) is 0 Å². The molecule has 0 aliphatic carbocycles. The van der Waals surface area contributed by atoms with Crippen LogP contribution in [0, 0.1) is 5.92 Å². The molecule has 3 aliphatic rings. The van der Waals surface area contributed by atoms with Crippen LogP contribution < -0.4 is 10.6 Å². The van der Waals surface area contributed by atoms with Crippen LogP contribution in [0.4, 0.5) is 0 Å². The van der Waals surface area contributed by atoms with Gasteiger partial charge in [0.05, 0.1) is 18.9 Å². The Morgan fingerprint density at radius 2 is 2.11 bits per heavy atom. The minimum Gasteiger partial charge on any atom is -0.392 e. The van der Waals surface area contributed by atoms with Crippen LogP contribution in [-0.2, 0) is 17.8 Å². The van der Waals surface area contributed by atoms with Gasteiger partial charge in [0.15, 0.2) is 0 Å². The lowest BCUT2D eigenvalue weighted by Gasteiger charge is -2.40. The van der Waals surface area contributed by atoms with Gasteiger partial charge in [-0.05, 0) is 43.5 Å². The van der Waals surface area contributed by atoms with Crippen LogP contribution in [0.1, 0.15) is 31.4 Å². The number of likely N-dealkylation sites (tertiary alicyclic amines) is 1. The smallest absolute Gasteiger partial charge is 0.141 e. The number of halogens is 1. The molecule has 3 aliphatic heterocycles. The predicted molar refractivity (Wildman–Crippen MR) is 106 cm³/mol. The maximum Gasteiger partial charge on any atom is 0.141 e. The van der Waals surface area contributed by atoms with E-state index in [0.29, 0.717) is 35.6 Å². The molecular formula is C20H30ClN3O4. The number of aliphatic hydroxyl groups is 3. The molecule has 7 atom stereocenters. The Morgan fingerprint density at radius 3 is 2.86 bits per heavy atom. The second-order valence-corrected chi connectivity index (χ2v) is 8.91. The predicted octanol–water partition coefficient (Wildman–Crippen LogP) is 0.398. The first-order chi connectivity index (χ1) is 13.3. The van der Waals surface area contributed by atoms with Gasteiger partial charge < -0.3 is 25.4 Å². The van der Waals surface area contributed by atoms with Gasteiger partial charge in [-0.25, -0.2) is 0 Å². The SMILES string of the molecule is CC1NCNC2C1CCN2[C@@H]1O[C@H](Cc2ccc(Cl)cc2CO)[C@@](C)(O)[C@H]1O. The molecule has 0 saturated carbocycles. The summed E-state index contributed by atoms with van der Waals surface area (Å²) >= 11 is 6.03. The number of fused-ring (bicyclic) bond motifs is 1. The Morgan fingerprint density at radius 1 is 1.32 bits per heavy atom. The van der Waals surface area contributed by atoms with Crippen molar-refractivity contribution in [3.05, 3.63) is 34.3 Å². The van der Waals surface area contributed by atoms with Crippen molar-refractivity contribution in [3.63, 3.8) is 0 Å². The third kappa shape index (κ3) is 3.48.